The summed E-state index contributed by atoms with van der Waals surface area (Å²) in [7, 11) is 1.60. The molecule has 0 aliphatic rings. The topological polar surface area (TPSA) is 47.0 Å². The summed E-state index contributed by atoms with van der Waals surface area (Å²) in [5.41, 5.74) is 2.43. The molecule has 0 spiro atoms. The normalized spacial score (nSPS) is 10.5. The van der Waals surface area contributed by atoms with E-state index in [-0.39, 0.29) is 0 Å². The number of methoxy groups -OCH3 is 1. The second kappa shape index (κ2) is 6.50. The maximum Gasteiger partial charge on any atom is 0.158 e. The fourth-order valence-corrected chi connectivity index (χ4v) is 1.96. The van der Waals surface area contributed by atoms with Crippen molar-refractivity contribution in [3.05, 3.63) is 52.4 Å². The van der Waals surface area contributed by atoms with Crippen LogP contribution in [0.3, 0.4) is 0 Å². The molecule has 0 radical (unpaired) electrons. The molecule has 0 saturated carbocycles. The van der Waals surface area contributed by atoms with E-state index < -0.39 is 0 Å². The van der Waals surface area contributed by atoms with Gasteiger partial charge in [-0.2, -0.15) is 0 Å². The maximum absolute atomic E-state index is 5.95. The summed E-state index contributed by atoms with van der Waals surface area (Å²) >= 11 is 5.95. The first-order chi connectivity index (χ1) is 9.17. The summed E-state index contributed by atoms with van der Waals surface area (Å²) in [5.74, 6) is 1.27. The Balaban J connectivity index is 2.06. The van der Waals surface area contributed by atoms with Crippen molar-refractivity contribution in [3.8, 4) is 0 Å². The van der Waals surface area contributed by atoms with Crippen molar-refractivity contribution in [1.29, 1.82) is 0 Å². The highest BCUT2D eigenvalue weighted by atomic mass is 35.5. The largest absolute Gasteiger partial charge is 0.377 e. The van der Waals surface area contributed by atoms with Crippen LogP contribution in [0.2, 0.25) is 5.15 Å². The van der Waals surface area contributed by atoms with Crippen LogP contribution in [0.15, 0.2) is 30.3 Å². The van der Waals surface area contributed by atoms with E-state index in [0.717, 1.165) is 0 Å². The lowest BCUT2D eigenvalue weighted by Crippen LogP contribution is -2.05. The molecule has 0 fully saturated rings. The molecule has 0 aliphatic carbocycles. The SMILES string of the molecule is COCc1nc(Cl)cc(NCc2cccc(C)c2)n1. The van der Waals surface area contributed by atoms with E-state index in [9.17, 15) is 0 Å². The maximum atomic E-state index is 5.95. The van der Waals surface area contributed by atoms with Crippen LogP contribution in [-0.2, 0) is 17.9 Å². The van der Waals surface area contributed by atoms with E-state index in [1.54, 1.807) is 13.2 Å². The number of nitrogens with zero attached hydrogens (tertiary/aromatic N) is 2. The molecule has 0 unspecified atom stereocenters. The fourth-order valence-electron chi connectivity index (χ4n) is 1.76. The summed E-state index contributed by atoms with van der Waals surface area (Å²) in [6.45, 7) is 3.11. The van der Waals surface area contributed by atoms with Crippen molar-refractivity contribution in [3.63, 3.8) is 0 Å². The summed E-state index contributed by atoms with van der Waals surface area (Å²) < 4.78 is 5.00. The number of aryl methyl sites for hydroxylation is 1. The first kappa shape index (κ1) is 13.8. The number of anilines is 1. The summed E-state index contributed by atoms with van der Waals surface area (Å²) in [6.07, 6.45) is 0. The Kier molecular flexibility index (Phi) is 4.71. The molecule has 0 amide bonds. The molecule has 4 nitrogen and oxygen atoms in total. The quantitative estimate of drug-likeness (QED) is 0.853. The molecule has 100 valence electrons. The monoisotopic (exact) mass is 277 g/mol. The number of ether oxygens (including phenoxy) is 1. The number of hydrogen-bond donors (Lipinski definition) is 1. The third kappa shape index (κ3) is 4.19. The van der Waals surface area contributed by atoms with Gasteiger partial charge < -0.3 is 10.1 Å². The van der Waals surface area contributed by atoms with Crippen molar-refractivity contribution >= 4 is 17.4 Å². The zero-order valence-corrected chi connectivity index (χ0v) is 11.7. The molecule has 0 atom stereocenters. The van der Waals surface area contributed by atoms with Crippen LogP contribution >= 0.6 is 11.6 Å². The Morgan fingerprint density at radius 2 is 2.11 bits per heavy atom. The summed E-state index contributed by atoms with van der Waals surface area (Å²) in [6, 6.07) is 10.0. The molecule has 1 heterocycles. The van der Waals surface area contributed by atoms with Gasteiger partial charge in [-0.15, -0.1) is 0 Å². The van der Waals surface area contributed by atoms with E-state index in [1.165, 1.54) is 11.1 Å². The van der Waals surface area contributed by atoms with Crippen LogP contribution < -0.4 is 5.32 Å². The number of nitrogens with one attached hydrogen (secondary N) is 1. The molecular formula is C14H16ClN3O. The number of aromatic nitrogens is 2. The highest BCUT2D eigenvalue weighted by molar-refractivity contribution is 6.29. The van der Waals surface area contributed by atoms with Crippen LogP contribution in [0.25, 0.3) is 0 Å². The van der Waals surface area contributed by atoms with Gasteiger partial charge in [-0.25, -0.2) is 9.97 Å². The minimum Gasteiger partial charge on any atom is -0.377 e. The fraction of sp³-hybridized carbons (Fsp3) is 0.286. The van der Waals surface area contributed by atoms with Gasteiger partial charge in [-0.05, 0) is 12.5 Å². The van der Waals surface area contributed by atoms with Crippen LogP contribution in [0.1, 0.15) is 17.0 Å². The van der Waals surface area contributed by atoms with Crippen molar-refractivity contribution < 1.29 is 4.74 Å². The third-order valence-electron chi connectivity index (χ3n) is 2.57. The molecule has 2 rings (SSSR count). The van der Waals surface area contributed by atoms with Crippen molar-refractivity contribution in [2.24, 2.45) is 0 Å². The standard InChI is InChI=1S/C14H16ClN3O/c1-10-4-3-5-11(6-10)8-16-13-7-12(15)17-14(18-13)9-19-2/h3-7H,8-9H2,1-2H3,(H,16,17,18). The van der Waals surface area contributed by atoms with Gasteiger partial charge in [0.05, 0.1) is 0 Å². The molecule has 1 aromatic carbocycles. The molecule has 0 saturated heterocycles. The van der Waals surface area contributed by atoms with E-state index in [4.69, 9.17) is 16.3 Å². The van der Waals surface area contributed by atoms with E-state index in [0.29, 0.717) is 29.9 Å². The summed E-state index contributed by atoms with van der Waals surface area (Å²) in [4.78, 5) is 8.41. The van der Waals surface area contributed by atoms with Gasteiger partial charge in [0.15, 0.2) is 5.82 Å². The molecule has 1 N–H and O–H groups in total. The molecule has 19 heavy (non-hydrogen) atoms. The number of hydrogen-bond acceptors (Lipinski definition) is 4. The molecule has 0 bridgehead atoms. The Labute approximate surface area is 117 Å². The van der Waals surface area contributed by atoms with Crippen molar-refractivity contribution in [2.75, 3.05) is 12.4 Å². The molecular weight excluding hydrogens is 262 g/mol. The summed E-state index contributed by atoms with van der Waals surface area (Å²) in [5, 5.41) is 3.65. The lowest BCUT2D eigenvalue weighted by Gasteiger charge is -2.08. The predicted octanol–water partition coefficient (Wildman–Crippen LogP) is 3.20. The van der Waals surface area contributed by atoms with Gasteiger partial charge in [0, 0.05) is 19.7 Å². The molecule has 5 heteroatoms. The third-order valence-corrected chi connectivity index (χ3v) is 2.76. The van der Waals surface area contributed by atoms with E-state index in [2.05, 4.69) is 40.4 Å². The smallest absolute Gasteiger partial charge is 0.158 e. The number of benzene rings is 1. The number of rotatable bonds is 5. The lowest BCUT2D eigenvalue weighted by atomic mass is 10.1. The first-order valence-electron chi connectivity index (χ1n) is 5.99. The second-order valence-corrected chi connectivity index (χ2v) is 4.66. The van der Waals surface area contributed by atoms with Gasteiger partial charge in [0.1, 0.15) is 17.6 Å². The van der Waals surface area contributed by atoms with E-state index in [1.807, 2.05) is 6.07 Å². The lowest BCUT2D eigenvalue weighted by molar-refractivity contribution is 0.178. The molecule has 1 aromatic heterocycles. The Morgan fingerprint density at radius 1 is 1.26 bits per heavy atom. The second-order valence-electron chi connectivity index (χ2n) is 4.27. The minimum atomic E-state index is 0.347. The van der Waals surface area contributed by atoms with Crippen LogP contribution in [0.4, 0.5) is 5.82 Å². The molecule has 0 aliphatic heterocycles. The zero-order valence-electron chi connectivity index (χ0n) is 11.0. The highest BCUT2D eigenvalue weighted by Gasteiger charge is 2.03. The zero-order chi connectivity index (χ0) is 13.7. The van der Waals surface area contributed by atoms with Gasteiger partial charge >= 0.3 is 0 Å². The average Bonchev–Trinajstić information content (AvgIpc) is 2.36. The predicted molar refractivity (Wildman–Crippen MR) is 76.3 cm³/mol. The Morgan fingerprint density at radius 3 is 2.84 bits per heavy atom. The highest BCUT2D eigenvalue weighted by Crippen LogP contribution is 2.13. The van der Waals surface area contributed by atoms with Crippen molar-refractivity contribution in [2.45, 2.75) is 20.1 Å². The van der Waals surface area contributed by atoms with Crippen LogP contribution in [0.5, 0.6) is 0 Å². The average molecular weight is 278 g/mol. The molecule has 2 aromatic rings. The van der Waals surface area contributed by atoms with Crippen LogP contribution in [0, 0.1) is 6.92 Å². The Hall–Kier alpha value is -1.65. The number of halogens is 1. The van der Waals surface area contributed by atoms with Gasteiger partial charge in [0.2, 0.25) is 0 Å². The minimum absolute atomic E-state index is 0.347. The van der Waals surface area contributed by atoms with Gasteiger partial charge in [-0.1, -0.05) is 41.4 Å². The first-order valence-corrected chi connectivity index (χ1v) is 6.37. The Bertz CT molecular complexity index is 560. The van der Waals surface area contributed by atoms with Gasteiger partial charge in [-0.3, -0.25) is 0 Å². The van der Waals surface area contributed by atoms with Crippen molar-refractivity contribution in [1.82, 2.24) is 9.97 Å². The van der Waals surface area contributed by atoms with Crippen LogP contribution in [-0.4, -0.2) is 17.1 Å². The van der Waals surface area contributed by atoms with E-state index >= 15 is 0 Å². The van der Waals surface area contributed by atoms with Gasteiger partial charge in [0.25, 0.3) is 0 Å².